The molecule has 10 rings (SSSR count). The highest BCUT2D eigenvalue weighted by molar-refractivity contribution is 9.10. The van der Waals surface area contributed by atoms with Crippen LogP contribution in [-0.4, -0.2) is 0 Å². The molecule has 0 aromatic heterocycles. The second-order valence-electron chi connectivity index (χ2n) is 15.8. The molecule has 59 heavy (non-hydrogen) atoms. The fourth-order valence-corrected chi connectivity index (χ4v) is 9.46. The number of rotatable bonds is 8. The number of hydrogen-bond donors (Lipinski definition) is 0. The SMILES string of the molecule is CC1(C)c2ccccc2-c2ccc(N(c3ccc(-c4ccccc4)cc3)c3ccc(-c4cc(-c5ccccc5)ccc4-c4ccccc4-c4ccccc4Br)cc3)cc21. The van der Waals surface area contributed by atoms with Crippen molar-refractivity contribution in [2.45, 2.75) is 19.3 Å². The van der Waals surface area contributed by atoms with Crippen LogP contribution in [0.3, 0.4) is 0 Å². The molecule has 0 radical (unpaired) electrons. The predicted molar refractivity (Wildman–Crippen MR) is 254 cm³/mol. The molecular formula is C57H42BrN. The zero-order valence-corrected chi connectivity index (χ0v) is 34.7. The highest BCUT2D eigenvalue weighted by Gasteiger charge is 2.35. The Morgan fingerprint density at radius 2 is 0.729 bits per heavy atom. The molecule has 1 aliphatic rings. The van der Waals surface area contributed by atoms with Crippen molar-refractivity contribution in [2.75, 3.05) is 4.90 Å². The Bertz CT molecular complexity index is 2950. The molecule has 1 aliphatic carbocycles. The first-order valence-corrected chi connectivity index (χ1v) is 21.1. The van der Waals surface area contributed by atoms with Gasteiger partial charge in [-0.1, -0.05) is 200 Å². The third-order valence-electron chi connectivity index (χ3n) is 12.0. The van der Waals surface area contributed by atoms with Crippen LogP contribution in [0.5, 0.6) is 0 Å². The zero-order chi connectivity index (χ0) is 39.9. The Balaban J connectivity index is 1.11. The van der Waals surface area contributed by atoms with Gasteiger partial charge in [-0.2, -0.15) is 0 Å². The average Bonchev–Trinajstić information content (AvgIpc) is 3.53. The molecule has 0 saturated heterocycles. The summed E-state index contributed by atoms with van der Waals surface area (Å²) in [4.78, 5) is 2.40. The summed E-state index contributed by atoms with van der Waals surface area (Å²) in [6.07, 6.45) is 0. The largest absolute Gasteiger partial charge is 0.310 e. The number of anilines is 3. The number of fused-ring (bicyclic) bond motifs is 3. The summed E-state index contributed by atoms with van der Waals surface area (Å²) in [7, 11) is 0. The van der Waals surface area contributed by atoms with Gasteiger partial charge in [0.25, 0.3) is 0 Å². The molecule has 1 nitrogen and oxygen atoms in total. The first-order valence-electron chi connectivity index (χ1n) is 20.3. The van der Waals surface area contributed by atoms with Crippen molar-refractivity contribution < 1.29 is 0 Å². The lowest BCUT2D eigenvalue weighted by Gasteiger charge is -2.28. The standard InChI is InChI=1S/C57H42BrN/c1-57(2)54-23-13-11-21-50(54)51-36-34-46(38-55(51)57)59(44-30-25-41(26-31-44)39-15-5-3-6-16-39)45-32-27-42(28-33-45)53-37-43(40-17-7-4-8-18-40)29-35-49(53)47-19-9-10-20-48(47)52-22-12-14-24-56(52)58/h3-38H,1-2H3. The van der Waals surface area contributed by atoms with Gasteiger partial charge in [-0.3, -0.25) is 0 Å². The molecule has 0 aliphatic heterocycles. The number of hydrogen-bond acceptors (Lipinski definition) is 1. The summed E-state index contributed by atoms with van der Waals surface area (Å²) in [5, 5.41) is 0. The molecule has 0 unspecified atom stereocenters. The second-order valence-corrected chi connectivity index (χ2v) is 16.7. The number of benzene rings is 9. The van der Waals surface area contributed by atoms with Gasteiger partial charge in [-0.25, -0.2) is 0 Å². The lowest BCUT2D eigenvalue weighted by Crippen LogP contribution is -2.16. The minimum absolute atomic E-state index is 0.111. The summed E-state index contributed by atoms with van der Waals surface area (Å²) in [6.45, 7) is 4.70. The van der Waals surface area contributed by atoms with Gasteiger partial charge >= 0.3 is 0 Å². The van der Waals surface area contributed by atoms with Crippen molar-refractivity contribution in [3.8, 4) is 66.8 Å². The Kier molecular flexibility index (Phi) is 9.43. The van der Waals surface area contributed by atoms with E-state index in [1.807, 2.05) is 0 Å². The van der Waals surface area contributed by atoms with Crippen molar-refractivity contribution in [2.24, 2.45) is 0 Å². The third kappa shape index (κ3) is 6.70. The quantitative estimate of drug-likeness (QED) is 0.148. The lowest BCUT2D eigenvalue weighted by molar-refractivity contribution is 0.660. The Morgan fingerprint density at radius 1 is 0.305 bits per heavy atom. The van der Waals surface area contributed by atoms with Crippen LogP contribution in [0.1, 0.15) is 25.0 Å². The van der Waals surface area contributed by atoms with Crippen LogP contribution in [0, 0.1) is 0 Å². The van der Waals surface area contributed by atoms with Gasteiger partial charge in [0.1, 0.15) is 0 Å². The molecule has 0 bridgehead atoms. The fourth-order valence-electron chi connectivity index (χ4n) is 8.96. The smallest absolute Gasteiger partial charge is 0.0465 e. The molecule has 9 aromatic rings. The Labute approximate surface area is 356 Å². The molecular weight excluding hydrogens is 779 g/mol. The van der Waals surface area contributed by atoms with Crippen molar-refractivity contribution in [3.05, 3.63) is 234 Å². The van der Waals surface area contributed by atoms with Gasteiger partial charge in [-0.05, 0) is 126 Å². The highest BCUT2D eigenvalue weighted by Crippen LogP contribution is 2.51. The first kappa shape index (κ1) is 36.6. The minimum atomic E-state index is -0.111. The molecule has 0 atom stereocenters. The highest BCUT2D eigenvalue weighted by atomic mass is 79.9. The van der Waals surface area contributed by atoms with Crippen LogP contribution in [-0.2, 0) is 5.41 Å². The summed E-state index contributed by atoms with van der Waals surface area (Å²) in [5.41, 5.74) is 20.5. The van der Waals surface area contributed by atoms with E-state index in [4.69, 9.17) is 0 Å². The van der Waals surface area contributed by atoms with Crippen LogP contribution in [0.25, 0.3) is 66.8 Å². The maximum absolute atomic E-state index is 3.85. The Morgan fingerprint density at radius 3 is 1.37 bits per heavy atom. The lowest BCUT2D eigenvalue weighted by atomic mass is 9.82. The van der Waals surface area contributed by atoms with Gasteiger partial charge in [0.2, 0.25) is 0 Å². The van der Waals surface area contributed by atoms with E-state index in [2.05, 4.69) is 253 Å². The molecule has 0 saturated carbocycles. The molecule has 282 valence electrons. The van der Waals surface area contributed by atoms with Crippen molar-refractivity contribution >= 4 is 33.0 Å². The molecule has 0 fully saturated rings. The van der Waals surface area contributed by atoms with E-state index in [1.165, 1.54) is 72.3 Å². The third-order valence-corrected chi connectivity index (χ3v) is 12.7. The molecule has 0 amide bonds. The van der Waals surface area contributed by atoms with E-state index in [0.29, 0.717) is 0 Å². The van der Waals surface area contributed by atoms with Gasteiger partial charge in [0, 0.05) is 26.9 Å². The van der Waals surface area contributed by atoms with Gasteiger partial charge in [0.15, 0.2) is 0 Å². The molecule has 0 N–H and O–H groups in total. The summed E-state index contributed by atoms with van der Waals surface area (Å²) in [5.74, 6) is 0. The second kappa shape index (κ2) is 15.2. The number of halogens is 1. The van der Waals surface area contributed by atoms with Crippen LogP contribution in [0.4, 0.5) is 17.1 Å². The molecule has 9 aromatic carbocycles. The van der Waals surface area contributed by atoms with E-state index < -0.39 is 0 Å². The van der Waals surface area contributed by atoms with Crippen LogP contribution >= 0.6 is 15.9 Å². The van der Waals surface area contributed by atoms with E-state index in [-0.39, 0.29) is 5.41 Å². The van der Waals surface area contributed by atoms with Crippen molar-refractivity contribution in [3.63, 3.8) is 0 Å². The number of nitrogens with zero attached hydrogens (tertiary/aromatic N) is 1. The van der Waals surface area contributed by atoms with E-state index >= 15 is 0 Å². The van der Waals surface area contributed by atoms with Crippen molar-refractivity contribution in [1.82, 2.24) is 0 Å². The minimum Gasteiger partial charge on any atom is -0.310 e. The van der Waals surface area contributed by atoms with Gasteiger partial charge < -0.3 is 4.90 Å². The summed E-state index contributed by atoms with van der Waals surface area (Å²) in [6, 6.07) is 79.5. The van der Waals surface area contributed by atoms with Gasteiger partial charge in [0.05, 0.1) is 0 Å². The van der Waals surface area contributed by atoms with Crippen molar-refractivity contribution in [1.29, 1.82) is 0 Å². The van der Waals surface area contributed by atoms with Crippen LogP contribution in [0.2, 0.25) is 0 Å². The van der Waals surface area contributed by atoms with Gasteiger partial charge in [-0.15, -0.1) is 0 Å². The molecule has 0 heterocycles. The first-order chi connectivity index (χ1) is 28.9. The average molecular weight is 821 g/mol. The molecule has 2 heteroatoms. The van der Waals surface area contributed by atoms with E-state index in [0.717, 1.165) is 27.1 Å². The summed E-state index contributed by atoms with van der Waals surface area (Å²) < 4.78 is 1.08. The van der Waals surface area contributed by atoms with E-state index in [1.54, 1.807) is 0 Å². The molecule has 0 spiro atoms. The van der Waals surface area contributed by atoms with E-state index in [9.17, 15) is 0 Å². The van der Waals surface area contributed by atoms with Crippen LogP contribution in [0.15, 0.2) is 223 Å². The topological polar surface area (TPSA) is 3.24 Å². The maximum atomic E-state index is 3.85. The predicted octanol–water partition coefficient (Wildman–Crippen LogP) is 16.6. The zero-order valence-electron chi connectivity index (χ0n) is 33.1. The summed E-state index contributed by atoms with van der Waals surface area (Å²) >= 11 is 3.85. The Hall–Kier alpha value is -6.74. The fraction of sp³-hybridized carbons (Fsp3) is 0.0526. The monoisotopic (exact) mass is 819 g/mol. The maximum Gasteiger partial charge on any atom is 0.0465 e. The van der Waals surface area contributed by atoms with Crippen LogP contribution < -0.4 is 4.90 Å². The normalized spacial score (nSPS) is 12.5.